The van der Waals surface area contributed by atoms with E-state index in [0.29, 0.717) is 6.54 Å². The maximum absolute atomic E-state index is 12.5. The van der Waals surface area contributed by atoms with Crippen molar-refractivity contribution < 1.29 is 9.53 Å². The standard InChI is InChI=1S/C10H17N4O2.3C4H9.Sn/c1-10(2,3)16-9(15)13(4)7-8-6-11-14(5)12-8;3*1-3-4-2;/h7H2,1-5H3;3*1,3-4H2,2H3;. The number of carbonyl (C=O) groups is 1. The fourth-order valence-electron chi connectivity index (χ4n) is 3.87. The molecule has 29 heavy (non-hydrogen) atoms. The molecule has 6 nitrogen and oxygen atoms in total. The Bertz CT molecular complexity index is 603. The zero-order valence-corrected chi connectivity index (χ0v) is 23.0. The molecule has 1 aromatic heterocycles. The monoisotopic (exact) mass is 516 g/mol. The molecule has 0 spiro atoms. The van der Waals surface area contributed by atoms with Crippen molar-refractivity contribution in [1.82, 2.24) is 19.9 Å². The molecule has 0 unspecified atom stereocenters. The molecule has 0 N–H and O–H groups in total. The molecule has 0 aliphatic rings. The Labute approximate surface area is 182 Å². The maximum atomic E-state index is 12.5. The van der Waals surface area contributed by atoms with E-state index in [9.17, 15) is 4.79 Å². The van der Waals surface area contributed by atoms with Gasteiger partial charge in [0.15, 0.2) is 0 Å². The molecule has 1 heterocycles. The average molecular weight is 515 g/mol. The first kappa shape index (κ1) is 26.2. The minimum absolute atomic E-state index is 0.300. The molecule has 1 amide bonds. The van der Waals surface area contributed by atoms with Crippen LogP contribution < -0.4 is 3.71 Å². The van der Waals surface area contributed by atoms with E-state index in [0.717, 1.165) is 5.69 Å². The van der Waals surface area contributed by atoms with Gasteiger partial charge in [0, 0.05) is 0 Å². The van der Waals surface area contributed by atoms with Crippen molar-refractivity contribution in [3.63, 3.8) is 0 Å². The summed E-state index contributed by atoms with van der Waals surface area (Å²) in [6.07, 6.45) is 7.22. The third-order valence-electron chi connectivity index (χ3n) is 5.40. The fraction of sp³-hybridized carbons (Fsp3) is 0.864. The van der Waals surface area contributed by atoms with Crippen molar-refractivity contribution in [2.45, 2.75) is 106 Å². The first-order valence-electron chi connectivity index (χ1n) is 11.4. The number of carbonyl (C=O) groups excluding carboxylic acids is 1. The van der Waals surface area contributed by atoms with Crippen molar-refractivity contribution in [3.8, 4) is 0 Å². The van der Waals surface area contributed by atoms with Gasteiger partial charge in [0.05, 0.1) is 0 Å². The van der Waals surface area contributed by atoms with Crippen LogP contribution in [-0.2, 0) is 18.3 Å². The summed E-state index contributed by atoms with van der Waals surface area (Å²) in [6, 6.07) is 0. The predicted octanol–water partition coefficient (Wildman–Crippen LogP) is 5.24. The van der Waals surface area contributed by atoms with E-state index < -0.39 is 24.0 Å². The molecule has 168 valence electrons. The van der Waals surface area contributed by atoms with Gasteiger partial charge < -0.3 is 0 Å². The van der Waals surface area contributed by atoms with Gasteiger partial charge in [-0.1, -0.05) is 0 Å². The number of aromatic nitrogens is 3. The summed E-state index contributed by atoms with van der Waals surface area (Å²) in [7, 11) is 3.71. The Kier molecular flexibility index (Phi) is 11.0. The number of rotatable bonds is 12. The van der Waals surface area contributed by atoms with Gasteiger partial charge in [0.2, 0.25) is 0 Å². The quantitative estimate of drug-likeness (QED) is 0.358. The zero-order chi connectivity index (χ0) is 22.1. The van der Waals surface area contributed by atoms with E-state index >= 15 is 0 Å². The van der Waals surface area contributed by atoms with Gasteiger partial charge in [-0.25, -0.2) is 0 Å². The van der Waals surface area contributed by atoms with Gasteiger partial charge in [0.1, 0.15) is 0 Å². The molecular formula is C22H44N4O2Sn. The molecule has 0 radical (unpaired) electrons. The molecule has 0 saturated heterocycles. The molecule has 0 aromatic carbocycles. The van der Waals surface area contributed by atoms with Gasteiger partial charge in [-0.05, 0) is 0 Å². The van der Waals surface area contributed by atoms with Gasteiger partial charge in [-0.2, -0.15) is 0 Å². The third-order valence-corrected chi connectivity index (χ3v) is 20.6. The Morgan fingerprint density at radius 1 is 1.00 bits per heavy atom. The van der Waals surface area contributed by atoms with Crippen LogP contribution in [0.2, 0.25) is 13.3 Å². The van der Waals surface area contributed by atoms with Gasteiger partial charge in [-0.15, -0.1) is 0 Å². The summed E-state index contributed by atoms with van der Waals surface area (Å²) in [6.45, 7) is 13.0. The summed E-state index contributed by atoms with van der Waals surface area (Å²) < 4.78 is 10.9. The van der Waals surface area contributed by atoms with Crippen molar-refractivity contribution >= 4 is 28.2 Å². The van der Waals surface area contributed by atoms with Crippen LogP contribution in [0, 0.1) is 0 Å². The van der Waals surface area contributed by atoms with Crippen LogP contribution in [0.1, 0.15) is 85.8 Å². The number of amides is 1. The molecule has 0 aliphatic carbocycles. The van der Waals surface area contributed by atoms with Gasteiger partial charge in [-0.3, -0.25) is 0 Å². The molecule has 0 aliphatic heterocycles. The molecule has 1 rings (SSSR count). The SMILES string of the molecule is CCC[CH2][Sn]([CH2]CCC)([CH2]CCC)[c]1nn(C)nc1CN(C)C(=O)OC(C)(C)C. The summed E-state index contributed by atoms with van der Waals surface area (Å²) >= 11 is -2.71. The molecule has 0 atom stereocenters. The van der Waals surface area contributed by atoms with Crippen molar-refractivity contribution in [2.24, 2.45) is 7.05 Å². The van der Waals surface area contributed by atoms with Crippen molar-refractivity contribution in [1.29, 1.82) is 0 Å². The van der Waals surface area contributed by atoms with E-state index in [2.05, 4.69) is 20.8 Å². The summed E-state index contributed by atoms with van der Waals surface area (Å²) in [4.78, 5) is 15.9. The second kappa shape index (κ2) is 12.2. The van der Waals surface area contributed by atoms with E-state index in [1.807, 2.05) is 27.8 Å². The molecule has 0 bridgehead atoms. The Balaban J connectivity index is 3.23. The first-order valence-corrected chi connectivity index (χ1v) is 18.9. The third kappa shape index (κ3) is 8.46. The second-order valence-electron chi connectivity index (χ2n) is 9.41. The molecule has 7 heteroatoms. The van der Waals surface area contributed by atoms with E-state index in [-0.39, 0.29) is 6.09 Å². The Hall–Kier alpha value is -0.791. The normalized spacial score (nSPS) is 12.3. The topological polar surface area (TPSA) is 60.2 Å². The van der Waals surface area contributed by atoms with E-state index in [1.165, 1.54) is 55.5 Å². The molecule has 0 saturated carbocycles. The van der Waals surface area contributed by atoms with E-state index in [1.54, 1.807) is 16.7 Å². The number of hydrogen-bond acceptors (Lipinski definition) is 4. The number of ether oxygens (including phenoxy) is 1. The number of aryl methyl sites for hydroxylation is 1. The molecular weight excluding hydrogens is 471 g/mol. The Morgan fingerprint density at radius 3 is 1.90 bits per heavy atom. The van der Waals surface area contributed by atoms with Gasteiger partial charge in [0.25, 0.3) is 0 Å². The van der Waals surface area contributed by atoms with Crippen molar-refractivity contribution in [2.75, 3.05) is 7.05 Å². The van der Waals surface area contributed by atoms with Crippen LogP contribution in [-0.4, -0.2) is 57.0 Å². The Morgan fingerprint density at radius 2 is 1.48 bits per heavy atom. The second-order valence-corrected chi connectivity index (χ2v) is 22.4. The zero-order valence-electron chi connectivity index (χ0n) is 20.2. The van der Waals surface area contributed by atoms with Crippen LogP contribution in [0.4, 0.5) is 4.79 Å². The first-order chi connectivity index (χ1) is 13.6. The summed E-state index contributed by atoms with van der Waals surface area (Å²) in [5, 5.41) is 9.68. The molecule has 1 aromatic rings. The summed E-state index contributed by atoms with van der Waals surface area (Å²) in [5.41, 5.74) is 0.503. The number of hydrogen-bond donors (Lipinski definition) is 0. The minimum atomic E-state index is -2.71. The van der Waals surface area contributed by atoms with Crippen molar-refractivity contribution in [3.05, 3.63) is 5.69 Å². The fourth-order valence-corrected chi connectivity index (χ4v) is 20.0. The predicted molar refractivity (Wildman–Crippen MR) is 123 cm³/mol. The van der Waals surface area contributed by atoms with E-state index in [4.69, 9.17) is 14.9 Å². The van der Waals surface area contributed by atoms with Crippen LogP contribution in [0.3, 0.4) is 0 Å². The van der Waals surface area contributed by atoms with Crippen LogP contribution >= 0.6 is 0 Å². The van der Waals surface area contributed by atoms with Crippen LogP contribution in [0.25, 0.3) is 0 Å². The summed E-state index contributed by atoms with van der Waals surface area (Å²) in [5.74, 6) is 0. The van der Waals surface area contributed by atoms with Crippen LogP contribution in [0.15, 0.2) is 0 Å². The number of nitrogens with zero attached hydrogens (tertiary/aromatic N) is 4. The molecule has 0 fully saturated rings. The average Bonchev–Trinajstić information content (AvgIpc) is 3.00. The number of unbranched alkanes of at least 4 members (excludes halogenated alkanes) is 3. The van der Waals surface area contributed by atoms with Gasteiger partial charge >= 0.3 is 183 Å². The van der Waals surface area contributed by atoms with Crippen LogP contribution in [0.5, 0.6) is 0 Å².